The van der Waals surface area contributed by atoms with Gasteiger partial charge in [-0.25, -0.2) is 0 Å². The van der Waals surface area contributed by atoms with Gasteiger partial charge in [0.2, 0.25) is 0 Å². The third-order valence-corrected chi connectivity index (χ3v) is 7.92. The molecule has 1 saturated heterocycles. The lowest BCUT2D eigenvalue weighted by atomic mass is 9.99. The van der Waals surface area contributed by atoms with Crippen LogP contribution in [0.1, 0.15) is 31.8 Å². The number of carbonyl (C=O) groups is 3. The number of hydrogen-bond donors (Lipinski definition) is 3. The van der Waals surface area contributed by atoms with Gasteiger partial charge in [-0.15, -0.1) is 0 Å². The molecule has 9 nitrogen and oxygen atoms in total. The normalized spacial score (nSPS) is 15.5. The summed E-state index contributed by atoms with van der Waals surface area (Å²) in [4.78, 5) is 43.8. The van der Waals surface area contributed by atoms with Crippen molar-refractivity contribution in [1.29, 1.82) is 0 Å². The number of nitrogens with one attached hydrogen (secondary N) is 3. The van der Waals surface area contributed by atoms with E-state index in [-0.39, 0.29) is 17.6 Å². The molecular weight excluding hydrogens is 554 g/mol. The van der Waals surface area contributed by atoms with Gasteiger partial charge < -0.3 is 30.5 Å². The van der Waals surface area contributed by atoms with E-state index in [1.165, 1.54) is 12.8 Å². The van der Waals surface area contributed by atoms with E-state index >= 15 is 0 Å². The maximum Gasteiger partial charge on any atom is 0.259 e. The summed E-state index contributed by atoms with van der Waals surface area (Å²) in [5.41, 5.74) is 5.53. The van der Waals surface area contributed by atoms with Gasteiger partial charge in [-0.05, 0) is 61.6 Å². The molecule has 0 unspecified atom stereocenters. The van der Waals surface area contributed by atoms with Crippen LogP contribution in [0.5, 0.6) is 5.75 Å². The number of rotatable bonds is 8. The third kappa shape index (κ3) is 6.04. The number of methoxy groups -OCH3 is 1. The van der Waals surface area contributed by atoms with Gasteiger partial charge in [0.15, 0.2) is 5.78 Å². The first-order valence-corrected chi connectivity index (χ1v) is 14.4. The van der Waals surface area contributed by atoms with Crippen molar-refractivity contribution in [2.75, 3.05) is 61.2 Å². The van der Waals surface area contributed by atoms with Gasteiger partial charge in [-0.1, -0.05) is 36.4 Å². The fourth-order valence-corrected chi connectivity index (χ4v) is 5.40. The molecule has 2 aliphatic heterocycles. The first-order chi connectivity index (χ1) is 21.4. The molecule has 0 saturated carbocycles. The van der Waals surface area contributed by atoms with Gasteiger partial charge in [0.05, 0.1) is 18.2 Å². The van der Waals surface area contributed by atoms with Gasteiger partial charge in [-0.3, -0.25) is 14.4 Å². The zero-order valence-corrected chi connectivity index (χ0v) is 24.6. The Labute approximate surface area is 256 Å². The van der Waals surface area contributed by atoms with Gasteiger partial charge in [0.1, 0.15) is 5.75 Å². The lowest BCUT2D eigenvalue weighted by Gasteiger charge is -2.34. The van der Waals surface area contributed by atoms with Crippen LogP contribution in [0.3, 0.4) is 0 Å². The predicted molar refractivity (Wildman–Crippen MR) is 174 cm³/mol. The van der Waals surface area contributed by atoms with Crippen LogP contribution < -0.4 is 25.6 Å². The topological polar surface area (TPSA) is 103 Å². The molecule has 1 fully saturated rings. The van der Waals surface area contributed by atoms with Gasteiger partial charge in [0, 0.05) is 71.8 Å². The van der Waals surface area contributed by atoms with Gasteiger partial charge in [0.25, 0.3) is 11.8 Å². The highest BCUT2D eigenvalue weighted by molar-refractivity contribution is 6.32. The van der Waals surface area contributed by atoms with Crippen molar-refractivity contribution in [3.8, 4) is 5.75 Å². The molecule has 2 aliphatic rings. The molecular formula is C35H33N5O4. The Kier molecular flexibility index (Phi) is 8.12. The quantitative estimate of drug-likeness (QED) is 0.189. The van der Waals surface area contributed by atoms with E-state index in [0.717, 1.165) is 31.9 Å². The Hall–Kier alpha value is -5.41. The molecule has 2 amide bonds. The van der Waals surface area contributed by atoms with Crippen LogP contribution in [0.15, 0.2) is 97.2 Å². The molecule has 0 atom stereocenters. The van der Waals surface area contributed by atoms with E-state index in [2.05, 4.69) is 44.9 Å². The highest BCUT2D eigenvalue weighted by Gasteiger charge is 2.25. The fourth-order valence-electron chi connectivity index (χ4n) is 5.40. The fraction of sp³-hybridized carbons (Fsp3) is 0.171. The van der Waals surface area contributed by atoms with Crippen molar-refractivity contribution in [3.63, 3.8) is 0 Å². The Morgan fingerprint density at radius 3 is 2.36 bits per heavy atom. The maximum absolute atomic E-state index is 13.4. The van der Waals surface area contributed by atoms with E-state index in [1.54, 1.807) is 72.9 Å². The molecule has 0 aromatic heterocycles. The monoisotopic (exact) mass is 587 g/mol. The summed E-state index contributed by atoms with van der Waals surface area (Å²) >= 11 is 0. The minimum atomic E-state index is -0.341. The number of nitrogens with zero attached hydrogens (tertiary/aromatic N) is 2. The Balaban J connectivity index is 1.14. The number of ketones is 1. The zero-order valence-electron chi connectivity index (χ0n) is 24.6. The minimum Gasteiger partial charge on any atom is -0.496 e. The van der Waals surface area contributed by atoms with Crippen molar-refractivity contribution in [2.45, 2.75) is 0 Å². The van der Waals surface area contributed by atoms with Crippen LogP contribution in [0.25, 0.3) is 5.57 Å². The van der Waals surface area contributed by atoms with E-state index in [0.29, 0.717) is 45.0 Å². The molecule has 222 valence electrons. The van der Waals surface area contributed by atoms with Gasteiger partial charge in [-0.2, -0.15) is 0 Å². The highest BCUT2D eigenvalue weighted by atomic mass is 16.5. The number of benzene rings is 4. The van der Waals surface area contributed by atoms with E-state index in [9.17, 15) is 14.4 Å². The highest BCUT2D eigenvalue weighted by Crippen LogP contribution is 2.33. The first kappa shape index (κ1) is 28.7. The lowest BCUT2D eigenvalue weighted by Crippen LogP contribution is -2.44. The molecule has 44 heavy (non-hydrogen) atoms. The molecule has 3 N–H and O–H groups in total. The zero-order chi connectivity index (χ0) is 30.6. The third-order valence-electron chi connectivity index (χ3n) is 7.92. The lowest BCUT2D eigenvalue weighted by molar-refractivity contribution is -0.110. The number of likely N-dealkylation sites (N-methyl/N-ethyl adjacent to an activating group) is 1. The summed E-state index contributed by atoms with van der Waals surface area (Å²) in [6.07, 6.45) is 1.70. The van der Waals surface area contributed by atoms with Crippen LogP contribution in [-0.2, 0) is 4.79 Å². The van der Waals surface area contributed by atoms with Crippen LogP contribution in [0, 0.1) is 0 Å². The molecule has 0 radical (unpaired) electrons. The average Bonchev–Trinajstić information content (AvgIpc) is 3.37. The molecule has 4 aromatic rings. The summed E-state index contributed by atoms with van der Waals surface area (Å²) in [5, 5.41) is 8.95. The molecule has 0 bridgehead atoms. The van der Waals surface area contributed by atoms with E-state index in [4.69, 9.17) is 4.74 Å². The largest absolute Gasteiger partial charge is 0.496 e. The number of amides is 2. The summed E-state index contributed by atoms with van der Waals surface area (Å²) in [6.45, 7) is 4.09. The van der Waals surface area contributed by atoms with Crippen molar-refractivity contribution >= 4 is 45.9 Å². The molecule has 0 spiro atoms. The summed E-state index contributed by atoms with van der Waals surface area (Å²) in [6, 6.07) is 27.0. The number of piperazine rings is 1. The van der Waals surface area contributed by atoms with Crippen molar-refractivity contribution < 1.29 is 19.1 Å². The number of carbonyl (C=O) groups excluding carboxylic acids is 3. The second-order valence-corrected chi connectivity index (χ2v) is 10.8. The molecule has 9 heteroatoms. The Morgan fingerprint density at radius 2 is 1.59 bits per heavy atom. The molecule has 0 aliphatic carbocycles. The molecule has 2 heterocycles. The summed E-state index contributed by atoms with van der Waals surface area (Å²) in [5.74, 6) is -0.356. The Bertz CT molecular complexity index is 1760. The number of ether oxygens (including phenoxy) is 1. The van der Waals surface area contributed by atoms with E-state index < -0.39 is 0 Å². The Morgan fingerprint density at radius 1 is 0.841 bits per heavy atom. The number of para-hydroxylation sites is 1. The summed E-state index contributed by atoms with van der Waals surface area (Å²) < 4.78 is 5.29. The van der Waals surface area contributed by atoms with E-state index in [1.807, 2.05) is 12.1 Å². The number of hydrogen-bond acceptors (Lipinski definition) is 7. The smallest absolute Gasteiger partial charge is 0.259 e. The second kappa shape index (κ2) is 12.4. The minimum absolute atomic E-state index is 0.230. The van der Waals surface area contributed by atoms with Gasteiger partial charge >= 0.3 is 0 Å². The standard InChI is InChI=1S/C35H33N5O4/c1-39-16-18-40(19-17-39)27-13-11-25(12-14-27)36-22-30-28-15-10-24(21-31(28)38-35(30)43)33(41)23-6-5-7-26(20-23)37-34(42)29-8-3-4-9-32(29)44-2/h3-15,20-22,36H,16-19H2,1-2H3,(H,37,42)(H,38,43)/b30-22+. The van der Waals surface area contributed by atoms with Crippen molar-refractivity contribution in [2.24, 2.45) is 0 Å². The molecule has 6 rings (SSSR count). The van der Waals surface area contributed by atoms with Crippen LogP contribution in [0.2, 0.25) is 0 Å². The van der Waals surface area contributed by atoms with Crippen LogP contribution in [0.4, 0.5) is 22.7 Å². The molecule has 4 aromatic carbocycles. The average molecular weight is 588 g/mol. The summed E-state index contributed by atoms with van der Waals surface area (Å²) in [7, 11) is 3.65. The second-order valence-electron chi connectivity index (χ2n) is 10.8. The first-order valence-electron chi connectivity index (χ1n) is 14.4. The van der Waals surface area contributed by atoms with Crippen LogP contribution >= 0.6 is 0 Å². The maximum atomic E-state index is 13.4. The number of anilines is 4. The van der Waals surface area contributed by atoms with Crippen molar-refractivity contribution in [3.05, 3.63) is 119 Å². The predicted octanol–water partition coefficient (Wildman–Crippen LogP) is 5.34. The van der Waals surface area contributed by atoms with Crippen molar-refractivity contribution in [1.82, 2.24) is 4.90 Å². The van der Waals surface area contributed by atoms with Crippen LogP contribution in [-0.4, -0.2) is 62.8 Å². The SMILES string of the molecule is COc1ccccc1C(=O)Nc1cccc(C(=O)c2ccc3c(c2)NC(=O)/C3=C/Nc2ccc(N3CCN(C)CC3)cc2)c1. The number of fused-ring (bicyclic) bond motifs is 1.